The summed E-state index contributed by atoms with van der Waals surface area (Å²) < 4.78 is 0. The Balaban J connectivity index is 1.92. The predicted molar refractivity (Wildman–Crippen MR) is 79.3 cm³/mol. The Labute approximate surface area is 116 Å². The molecule has 0 aliphatic carbocycles. The van der Waals surface area contributed by atoms with Gasteiger partial charge in [0.25, 0.3) is 0 Å². The van der Waals surface area contributed by atoms with Crippen LogP contribution in [0, 0.1) is 0 Å². The third-order valence-corrected chi connectivity index (χ3v) is 3.95. The highest BCUT2D eigenvalue weighted by molar-refractivity contribution is 5.81. The highest BCUT2D eigenvalue weighted by Gasteiger charge is 2.22. The third kappa shape index (κ3) is 3.49. The maximum absolute atomic E-state index is 12.2. The van der Waals surface area contributed by atoms with Crippen molar-refractivity contribution in [3.63, 3.8) is 0 Å². The normalized spacial score (nSPS) is 19.3. The molecule has 2 rings (SSSR count). The van der Waals surface area contributed by atoms with E-state index in [1.807, 2.05) is 23.1 Å². The number of benzene rings is 1. The molecule has 1 fully saturated rings. The van der Waals surface area contributed by atoms with Crippen molar-refractivity contribution in [2.24, 2.45) is 0 Å². The van der Waals surface area contributed by atoms with Crippen LogP contribution in [-0.2, 0) is 11.2 Å². The van der Waals surface area contributed by atoms with Gasteiger partial charge in [-0.15, -0.1) is 0 Å². The molecule has 0 bridgehead atoms. The first-order valence-corrected chi connectivity index (χ1v) is 7.33. The van der Waals surface area contributed by atoms with Crippen molar-refractivity contribution < 1.29 is 4.79 Å². The Morgan fingerprint density at radius 1 is 1.37 bits per heavy atom. The summed E-state index contributed by atoms with van der Waals surface area (Å²) in [5.41, 5.74) is 2.35. The van der Waals surface area contributed by atoms with Gasteiger partial charge in [0.1, 0.15) is 0 Å². The van der Waals surface area contributed by atoms with Crippen molar-refractivity contribution in [2.75, 3.05) is 18.4 Å². The molecule has 1 aliphatic rings. The molecule has 0 spiro atoms. The molecule has 1 heterocycles. The lowest BCUT2D eigenvalue weighted by Gasteiger charge is -2.33. The van der Waals surface area contributed by atoms with Crippen LogP contribution in [0.4, 0.5) is 5.69 Å². The highest BCUT2D eigenvalue weighted by Crippen LogP contribution is 2.18. The number of carbonyl (C=O) groups is 1. The molecule has 1 aromatic carbocycles. The molecule has 1 atom stereocenters. The first kappa shape index (κ1) is 13.9. The van der Waals surface area contributed by atoms with Crippen LogP contribution in [0.2, 0.25) is 0 Å². The Kier molecular flexibility index (Phi) is 4.83. The van der Waals surface area contributed by atoms with Crippen LogP contribution < -0.4 is 5.32 Å². The molecule has 3 heteroatoms. The second-order valence-electron chi connectivity index (χ2n) is 5.30. The number of hydrogen-bond donors (Lipinski definition) is 1. The molecule has 1 saturated heterocycles. The summed E-state index contributed by atoms with van der Waals surface area (Å²) >= 11 is 0. The number of carbonyl (C=O) groups excluding carboxylic acids is 1. The number of nitrogens with zero attached hydrogens (tertiary/aromatic N) is 1. The van der Waals surface area contributed by atoms with Crippen molar-refractivity contribution in [1.29, 1.82) is 0 Å². The predicted octanol–water partition coefficient (Wildman–Crippen LogP) is 3.06. The monoisotopic (exact) mass is 260 g/mol. The summed E-state index contributed by atoms with van der Waals surface area (Å²) in [7, 11) is 0. The van der Waals surface area contributed by atoms with Crippen LogP contribution in [0.5, 0.6) is 0 Å². The minimum absolute atomic E-state index is 0.220. The fraction of sp³-hybridized carbons (Fsp3) is 0.562. The van der Waals surface area contributed by atoms with Crippen LogP contribution in [0.25, 0.3) is 0 Å². The Morgan fingerprint density at radius 3 is 2.89 bits per heavy atom. The zero-order valence-electron chi connectivity index (χ0n) is 12.0. The van der Waals surface area contributed by atoms with Gasteiger partial charge >= 0.3 is 0 Å². The molecular weight excluding hydrogens is 236 g/mol. The second kappa shape index (κ2) is 6.60. The summed E-state index contributed by atoms with van der Waals surface area (Å²) in [4.78, 5) is 14.3. The summed E-state index contributed by atoms with van der Waals surface area (Å²) in [6.45, 7) is 5.60. The van der Waals surface area contributed by atoms with Crippen LogP contribution in [0.3, 0.4) is 0 Å². The Hall–Kier alpha value is -1.51. The van der Waals surface area contributed by atoms with E-state index in [-0.39, 0.29) is 5.91 Å². The smallest absolute Gasteiger partial charge is 0.242 e. The Bertz CT molecular complexity index is 431. The zero-order chi connectivity index (χ0) is 13.7. The minimum Gasteiger partial charge on any atom is -0.376 e. The molecule has 3 nitrogen and oxygen atoms in total. The van der Waals surface area contributed by atoms with Crippen molar-refractivity contribution >= 4 is 11.6 Å². The first-order chi connectivity index (χ1) is 9.22. The van der Waals surface area contributed by atoms with Crippen molar-refractivity contribution in [1.82, 2.24) is 4.90 Å². The van der Waals surface area contributed by atoms with Crippen molar-refractivity contribution in [3.05, 3.63) is 29.8 Å². The van der Waals surface area contributed by atoms with E-state index in [4.69, 9.17) is 0 Å². The van der Waals surface area contributed by atoms with Gasteiger partial charge in [-0.05, 0) is 44.2 Å². The number of aryl methyl sites for hydroxylation is 1. The lowest BCUT2D eigenvalue weighted by molar-refractivity contribution is -0.132. The highest BCUT2D eigenvalue weighted by atomic mass is 16.2. The first-order valence-electron chi connectivity index (χ1n) is 7.33. The fourth-order valence-electron chi connectivity index (χ4n) is 2.74. The van der Waals surface area contributed by atoms with E-state index in [2.05, 4.69) is 25.2 Å². The fourth-order valence-corrected chi connectivity index (χ4v) is 2.74. The molecule has 104 valence electrons. The lowest BCUT2D eigenvalue weighted by atomic mass is 10.0. The average molecular weight is 260 g/mol. The van der Waals surface area contributed by atoms with Gasteiger partial charge in [-0.1, -0.05) is 25.1 Å². The van der Waals surface area contributed by atoms with E-state index >= 15 is 0 Å². The van der Waals surface area contributed by atoms with E-state index in [0.29, 0.717) is 12.6 Å². The largest absolute Gasteiger partial charge is 0.376 e. The maximum atomic E-state index is 12.2. The molecule has 1 aromatic rings. The van der Waals surface area contributed by atoms with Gasteiger partial charge in [0, 0.05) is 18.3 Å². The van der Waals surface area contributed by atoms with Gasteiger partial charge in [0.15, 0.2) is 0 Å². The van der Waals surface area contributed by atoms with Gasteiger partial charge in [-0.2, -0.15) is 0 Å². The molecule has 0 radical (unpaired) electrons. The molecule has 1 unspecified atom stereocenters. The topological polar surface area (TPSA) is 32.3 Å². The van der Waals surface area contributed by atoms with Gasteiger partial charge < -0.3 is 10.2 Å². The van der Waals surface area contributed by atoms with Crippen LogP contribution >= 0.6 is 0 Å². The summed E-state index contributed by atoms with van der Waals surface area (Å²) in [6.07, 6.45) is 4.51. The number of piperidine rings is 1. The van der Waals surface area contributed by atoms with E-state index < -0.39 is 0 Å². The zero-order valence-corrected chi connectivity index (χ0v) is 12.0. The van der Waals surface area contributed by atoms with E-state index in [9.17, 15) is 4.79 Å². The SMILES string of the molecule is CCc1ccccc1NCC(=O)N1CCCCC1C. The number of rotatable bonds is 4. The number of para-hydroxylation sites is 1. The maximum Gasteiger partial charge on any atom is 0.242 e. The van der Waals surface area contributed by atoms with Crippen molar-refractivity contribution in [2.45, 2.75) is 45.6 Å². The number of likely N-dealkylation sites (tertiary alicyclic amines) is 1. The molecular formula is C16H24N2O. The van der Waals surface area contributed by atoms with Crippen LogP contribution in [0.1, 0.15) is 38.7 Å². The summed E-state index contributed by atoms with van der Waals surface area (Å²) in [5.74, 6) is 0.220. The Morgan fingerprint density at radius 2 is 2.16 bits per heavy atom. The van der Waals surface area contributed by atoms with E-state index in [1.54, 1.807) is 0 Å². The van der Waals surface area contributed by atoms with Crippen LogP contribution in [0.15, 0.2) is 24.3 Å². The molecule has 1 N–H and O–H groups in total. The van der Waals surface area contributed by atoms with E-state index in [1.165, 1.54) is 12.0 Å². The van der Waals surface area contributed by atoms with Gasteiger partial charge in [-0.3, -0.25) is 4.79 Å². The molecule has 19 heavy (non-hydrogen) atoms. The van der Waals surface area contributed by atoms with Crippen LogP contribution in [-0.4, -0.2) is 29.9 Å². The standard InChI is InChI=1S/C16H24N2O/c1-3-14-9-4-5-10-15(14)17-12-16(19)18-11-7-6-8-13(18)2/h4-5,9-10,13,17H,3,6-8,11-12H2,1-2H3. The molecule has 1 aliphatic heterocycles. The number of anilines is 1. The molecule has 0 saturated carbocycles. The summed E-state index contributed by atoms with van der Waals surface area (Å²) in [5, 5.41) is 3.29. The summed E-state index contributed by atoms with van der Waals surface area (Å²) in [6, 6.07) is 8.60. The van der Waals surface area contributed by atoms with Crippen molar-refractivity contribution in [3.8, 4) is 0 Å². The second-order valence-corrected chi connectivity index (χ2v) is 5.30. The van der Waals surface area contributed by atoms with E-state index in [0.717, 1.165) is 31.5 Å². The quantitative estimate of drug-likeness (QED) is 0.902. The number of nitrogens with one attached hydrogen (secondary N) is 1. The van der Waals surface area contributed by atoms with Gasteiger partial charge in [0.2, 0.25) is 5.91 Å². The molecule has 0 aromatic heterocycles. The number of hydrogen-bond acceptors (Lipinski definition) is 2. The number of amides is 1. The molecule has 1 amide bonds. The van der Waals surface area contributed by atoms with Gasteiger partial charge in [0.05, 0.1) is 6.54 Å². The third-order valence-electron chi connectivity index (χ3n) is 3.95. The minimum atomic E-state index is 0.220. The van der Waals surface area contributed by atoms with Gasteiger partial charge in [-0.25, -0.2) is 0 Å². The lowest BCUT2D eigenvalue weighted by Crippen LogP contribution is -2.44. The average Bonchev–Trinajstić information content (AvgIpc) is 2.45.